The lowest BCUT2D eigenvalue weighted by atomic mass is 10.2. The number of rotatable bonds is 3. The van der Waals surface area contributed by atoms with Crippen molar-refractivity contribution in [2.45, 2.75) is 6.42 Å². The van der Waals surface area contributed by atoms with Gasteiger partial charge in [-0.05, 0) is 18.1 Å². The second-order valence-corrected chi connectivity index (χ2v) is 3.75. The monoisotopic (exact) mass is 248 g/mol. The second-order valence-electron chi connectivity index (χ2n) is 3.75. The number of nitrogens with zero attached hydrogens (tertiary/aromatic N) is 2. The number of hydrogen-bond acceptors (Lipinski definition) is 4. The van der Waals surface area contributed by atoms with E-state index in [1.165, 1.54) is 17.0 Å². The van der Waals surface area contributed by atoms with E-state index in [9.17, 15) is 9.59 Å². The van der Waals surface area contributed by atoms with Crippen LogP contribution in [0.2, 0.25) is 0 Å². The minimum Gasteiger partial charge on any atom is -0.477 e. The molecule has 1 aromatic heterocycles. The lowest BCUT2D eigenvalue weighted by Gasteiger charge is -2.15. The molecule has 0 saturated heterocycles. The molecule has 0 radical (unpaired) electrons. The zero-order chi connectivity index (χ0) is 13.1. The molecule has 1 aromatic rings. The molecule has 0 unspecified atom stereocenters. The van der Waals surface area contributed by atoms with E-state index in [0.717, 1.165) is 5.56 Å². The number of carbonyl (C=O) groups excluding carboxylic acids is 1. The SMILES string of the molecule is C=CCOC(=O)N1CCc2ccc(C(=O)O)nc21. The fraction of sp³-hybridized carbons (Fsp3) is 0.250. The van der Waals surface area contributed by atoms with Crippen molar-refractivity contribution in [1.29, 1.82) is 0 Å². The summed E-state index contributed by atoms with van der Waals surface area (Å²) >= 11 is 0. The normalized spacial score (nSPS) is 13.0. The third-order valence-electron chi connectivity index (χ3n) is 2.58. The van der Waals surface area contributed by atoms with E-state index in [4.69, 9.17) is 9.84 Å². The van der Waals surface area contributed by atoms with Crippen LogP contribution in [0.15, 0.2) is 24.8 Å². The molecule has 1 aliphatic heterocycles. The van der Waals surface area contributed by atoms with Crippen LogP contribution in [-0.2, 0) is 11.2 Å². The van der Waals surface area contributed by atoms with Crippen LogP contribution >= 0.6 is 0 Å². The van der Waals surface area contributed by atoms with Crippen molar-refractivity contribution in [3.8, 4) is 0 Å². The first-order valence-electron chi connectivity index (χ1n) is 5.42. The van der Waals surface area contributed by atoms with E-state index >= 15 is 0 Å². The van der Waals surface area contributed by atoms with Crippen molar-refractivity contribution in [1.82, 2.24) is 4.98 Å². The average molecular weight is 248 g/mol. The predicted molar refractivity (Wildman–Crippen MR) is 63.8 cm³/mol. The Morgan fingerprint density at radius 2 is 2.33 bits per heavy atom. The molecule has 0 aromatic carbocycles. The van der Waals surface area contributed by atoms with Gasteiger partial charge in [0, 0.05) is 6.54 Å². The number of ether oxygens (including phenoxy) is 1. The molecule has 0 bridgehead atoms. The molecular formula is C12H12N2O4. The number of aromatic nitrogens is 1. The van der Waals surface area contributed by atoms with Crippen molar-refractivity contribution in [2.24, 2.45) is 0 Å². The highest BCUT2D eigenvalue weighted by Crippen LogP contribution is 2.26. The largest absolute Gasteiger partial charge is 0.477 e. The van der Waals surface area contributed by atoms with Gasteiger partial charge in [0.15, 0.2) is 5.69 Å². The molecule has 94 valence electrons. The van der Waals surface area contributed by atoms with Gasteiger partial charge in [-0.3, -0.25) is 4.90 Å². The van der Waals surface area contributed by atoms with E-state index in [1.807, 2.05) is 0 Å². The number of carbonyl (C=O) groups is 2. The number of hydrogen-bond donors (Lipinski definition) is 1. The highest BCUT2D eigenvalue weighted by atomic mass is 16.6. The highest BCUT2D eigenvalue weighted by molar-refractivity contribution is 5.91. The van der Waals surface area contributed by atoms with Crippen molar-refractivity contribution in [3.05, 3.63) is 36.0 Å². The average Bonchev–Trinajstić information content (AvgIpc) is 2.78. The van der Waals surface area contributed by atoms with Crippen LogP contribution in [0.5, 0.6) is 0 Å². The number of fused-ring (bicyclic) bond motifs is 1. The fourth-order valence-corrected chi connectivity index (χ4v) is 1.75. The van der Waals surface area contributed by atoms with Crippen molar-refractivity contribution >= 4 is 17.9 Å². The summed E-state index contributed by atoms with van der Waals surface area (Å²) in [4.78, 5) is 27.9. The maximum absolute atomic E-state index is 11.7. The first-order chi connectivity index (χ1) is 8.63. The Bertz CT molecular complexity index is 513. The topological polar surface area (TPSA) is 79.7 Å². The molecule has 18 heavy (non-hydrogen) atoms. The highest BCUT2D eigenvalue weighted by Gasteiger charge is 2.28. The smallest absolute Gasteiger partial charge is 0.415 e. The van der Waals surface area contributed by atoms with Crippen molar-refractivity contribution in [2.75, 3.05) is 18.1 Å². The maximum Gasteiger partial charge on any atom is 0.415 e. The third kappa shape index (κ3) is 2.17. The number of carboxylic acids is 1. The fourth-order valence-electron chi connectivity index (χ4n) is 1.75. The molecule has 6 nitrogen and oxygen atoms in total. The molecule has 0 saturated carbocycles. The lowest BCUT2D eigenvalue weighted by molar-refractivity contribution is 0.0690. The van der Waals surface area contributed by atoms with Crippen LogP contribution in [0.4, 0.5) is 10.6 Å². The van der Waals surface area contributed by atoms with Crippen LogP contribution in [-0.4, -0.2) is 35.3 Å². The van der Waals surface area contributed by atoms with Gasteiger partial charge in [-0.1, -0.05) is 18.7 Å². The van der Waals surface area contributed by atoms with Crippen molar-refractivity contribution < 1.29 is 19.4 Å². The van der Waals surface area contributed by atoms with Crippen molar-refractivity contribution in [3.63, 3.8) is 0 Å². The molecule has 0 fully saturated rings. The van der Waals surface area contributed by atoms with Gasteiger partial charge in [0.1, 0.15) is 12.4 Å². The summed E-state index contributed by atoms with van der Waals surface area (Å²) in [5.41, 5.74) is 0.757. The van der Waals surface area contributed by atoms with E-state index in [2.05, 4.69) is 11.6 Å². The summed E-state index contributed by atoms with van der Waals surface area (Å²) in [6, 6.07) is 3.10. The summed E-state index contributed by atoms with van der Waals surface area (Å²) in [6.07, 6.45) is 1.57. The number of anilines is 1. The molecule has 0 spiro atoms. The molecule has 0 atom stereocenters. The summed E-state index contributed by atoms with van der Waals surface area (Å²) in [5, 5.41) is 8.87. The maximum atomic E-state index is 11.7. The van der Waals surface area contributed by atoms with Crippen LogP contribution in [0.3, 0.4) is 0 Å². The number of carboxylic acid groups (broad SMARTS) is 1. The first kappa shape index (κ1) is 12.1. The standard InChI is InChI=1S/C12H12N2O4/c1-2-7-18-12(17)14-6-5-8-3-4-9(11(15)16)13-10(8)14/h2-4H,1,5-7H2,(H,15,16). The molecule has 1 aliphatic rings. The summed E-state index contributed by atoms with van der Waals surface area (Å²) in [6.45, 7) is 4.01. The minimum absolute atomic E-state index is 0.0860. The van der Waals surface area contributed by atoms with Gasteiger partial charge in [-0.15, -0.1) is 0 Å². The van der Waals surface area contributed by atoms with Gasteiger partial charge in [-0.2, -0.15) is 0 Å². The number of pyridine rings is 1. The Kier molecular flexibility index (Phi) is 3.27. The summed E-state index contributed by atoms with van der Waals surface area (Å²) in [5.74, 6) is -0.756. The van der Waals surface area contributed by atoms with E-state index in [0.29, 0.717) is 18.8 Å². The second kappa shape index (κ2) is 4.87. The first-order valence-corrected chi connectivity index (χ1v) is 5.42. The third-order valence-corrected chi connectivity index (χ3v) is 2.58. The Morgan fingerprint density at radius 1 is 1.56 bits per heavy atom. The Hall–Kier alpha value is -2.37. The molecule has 6 heteroatoms. The molecular weight excluding hydrogens is 236 g/mol. The van der Waals surface area contributed by atoms with Gasteiger partial charge in [-0.25, -0.2) is 14.6 Å². The quantitative estimate of drug-likeness (QED) is 0.819. The van der Waals surface area contributed by atoms with Crippen LogP contribution in [0.1, 0.15) is 16.1 Å². The molecule has 1 N–H and O–H groups in total. The molecule has 2 rings (SSSR count). The van der Waals surface area contributed by atoms with Crippen LogP contribution < -0.4 is 4.90 Å². The van der Waals surface area contributed by atoms with Gasteiger partial charge >= 0.3 is 12.1 Å². The number of aromatic carboxylic acids is 1. The van der Waals surface area contributed by atoms with E-state index < -0.39 is 12.1 Å². The minimum atomic E-state index is -1.12. The zero-order valence-corrected chi connectivity index (χ0v) is 9.63. The summed E-state index contributed by atoms with van der Waals surface area (Å²) < 4.78 is 4.91. The summed E-state index contributed by atoms with van der Waals surface area (Å²) in [7, 11) is 0. The lowest BCUT2D eigenvalue weighted by Crippen LogP contribution is -2.30. The Balaban J connectivity index is 2.25. The molecule has 0 aliphatic carbocycles. The van der Waals surface area contributed by atoms with Gasteiger partial charge in [0.25, 0.3) is 0 Å². The number of amides is 1. The Labute approximate surface area is 104 Å². The van der Waals surface area contributed by atoms with Gasteiger partial charge in [0.05, 0.1) is 0 Å². The van der Waals surface area contributed by atoms with Gasteiger partial charge in [0.2, 0.25) is 0 Å². The predicted octanol–water partition coefficient (Wildman–Crippen LogP) is 1.46. The molecule has 2 heterocycles. The molecule has 1 amide bonds. The zero-order valence-electron chi connectivity index (χ0n) is 9.63. The van der Waals surface area contributed by atoms with E-state index in [-0.39, 0.29) is 12.3 Å². The van der Waals surface area contributed by atoms with Crippen LogP contribution in [0, 0.1) is 0 Å². The van der Waals surface area contributed by atoms with E-state index in [1.54, 1.807) is 6.07 Å². The van der Waals surface area contributed by atoms with Gasteiger partial charge < -0.3 is 9.84 Å². The van der Waals surface area contributed by atoms with Crippen LogP contribution in [0.25, 0.3) is 0 Å². The Morgan fingerprint density at radius 3 is 3.00 bits per heavy atom.